The van der Waals surface area contributed by atoms with E-state index in [0.717, 1.165) is 22.5 Å². The Morgan fingerprint density at radius 2 is 2.11 bits per heavy atom. The Kier molecular flexibility index (Phi) is 4.58. The average Bonchev–Trinajstić information content (AvgIpc) is 2.36. The maximum absolute atomic E-state index is 13.4. The summed E-state index contributed by atoms with van der Waals surface area (Å²) in [7, 11) is -1.15. The van der Waals surface area contributed by atoms with Gasteiger partial charge >= 0.3 is 5.97 Å². The van der Waals surface area contributed by atoms with Crippen molar-refractivity contribution in [2.75, 3.05) is 20.7 Å². The molecular weight excluding hydrogens is 275 g/mol. The third kappa shape index (κ3) is 3.27. The van der Waals surface area contributed by atoms with Crippen LogP contribution in [0.5, 0.6) is 0 Å². The van der Waals surface area contributed by atoms with Gasteiger partial charge in [0.15, 0.2) is 6.61 Å². The molecule has 1 aromatic carbocycles. The van der Waals surface area contributed by atoms with E-state index in [-0.39, 0.29) is 4.90 Å². The molecule has 6 nitrogen and oxygen atoms in total. The number of benzene rings is 1. The predicted molar refractivity (Wildman–Crippen MR) is 63.2 cm³/mol. The number of hydrogen-bond acceptors (Lipinski definition) is 5. The molecule has 102 valence electrons. The van der Waals surface area contributed by atoms with Gasteiger partial charge in [-0.3, -0.25) is 0 Å². The van der Waals surface area contributed by atoms with Crippen LogP contribution in [0.25, 0.3) is 0 Å². The summed E-state index contributed by atoms with van der Waals surface area (Å²) in [5.74, 6) is -2.00. The smallest absolute Gasteiger partial charge is 0.342 e. The molecular formula is C11H11FN2O4S. The first-order chi connectivity index (χ1) is 8.80. The van der Waals surface area contributed by atoms with Crippen LogP contribution in [0, 0.1) is 17.1 Å². The number of sulfonamides is 1. The third-order valence-corrected chi connectivity index (χ3v) is 4.02. The lowest BCUT2D eigenvalue weighted by molar-refractivity contribution is 0.0549. The molecule has 0 heterocycles. The van der Waals surface area contributed by atoms with Gasteiger partial charge in [-0.05, 0) is 18.2 Å². The lowest BCUT2D eigenvalue weighted by Crippen LogP contribution is -2.22. The van der Waals surface area contributed by atoms with E-state index in [9.17, 15) is 17.6 Å². The summed E-state index contributed by atoms with van der Waals surface area (Å²) in [6, 6.07) is 4.35. The van der Waals surface area contributed by atoms with Crippen LogP contribution >= 0.6 is 0 Å². The van der Waals surface area contributed by atoms with Gasteiger partial charge in [0.05, 0.1) is 10.5 Å². The Bertz CT molecular complexity index is 635. The van der Waals surface area contributed by atoms with Crippen molar-refractivity contribution in [3.63, 3.8) is 0 Å². The van der Waals surface area contributed by atoms with Crippen LogP contribution in [0.4, 0.5) is 4.39 Å². The SMILES string of the molecule is CN(C)S(=O)(=O)c1ccc(F)c(C(=O)OCC#N)c1. The molecule has 0 spiro atoms. The van der Waals surface area contributed by atoms with E-state index in [1.165, 1.54) is 14.1 Å². The number of esters is 1. The highest BCUT2D eigenvalue weighted by Crippen LogP contribution is 2.18. The quantitative estimate of drug-likeness (QED) is 0.762. The van der Waals surface area contributed by atoms with Gasteiger partial charge in [0.1, 0.15) is 11.9 Å². The second-order valence-electron chi connectivity index (χ2n) is 3.66. The van der Waals surface area contributed by atoms with Crippen molar-refractivity contribution in [3.8, 4) is 6.07 Å². The number of carbonyl (C=O) groups excluding carboxylic acids is 1. The van der Waals surface area contributed by atoms with Crippen molar-refractivity contribution in [2.24, 2.45) is 0 Å². The molecule has 1 aromatic rings. The fourth-order valence-corrected chi connectivity index (χ4v) is 2.14. The zero-order chi connectivity index (χ0) is 14.6. The molecule has 0 bridgehead atoms. The Labute approximate surface area is 110 Å². The van der Waals surface area contributed by atoms with Crippen molar-refractivity contribution in [1.82, 2.24) is 4.31 Å². The van der Waals surface area contributed by atoms with E-state index in [0.29, 0.717) is 0 Å². The summed E-state index contributed by atoms with van der Waals surface area (Å²) < 4.78 is 42.5. The van der Waals surface area contributed by atoms with Crippen molar-refractivity contribution >= 4 is 16.0 Å². The summed E-state index contributed by atoms with van der Waals surface area (Å²) >= 11 is 0. The minimum atomic E-state index is -3.78. The first kappa shape index (κ1) is 15.1. The number of nitrogens with zero attached hydrogens (tertiary/aromatic N) is 2. The second kappa shape index (κ2) is 5.77. The average molecular weight is 286 g/mol. The second-order valence-corrected chi connectivity index (χ2v) is 5.82. The number of nitriles is 1. The van der Waals surface area contributed by atoms with Gasteiger partial charge in [0, 0.05) is 14.1 Å². The van der Waals surface area contributed by atoms with Gasteiger partial charge in [-0.15, -0.1) is 0 Å². The fraction of sp³-hybridized carbons (Fsp3) is 0.273. The molecule has 0 radical (unpaired) electrons. The maximum atomic E-state index is 13.4. The zero-order valence-electron chi connectivity index (χ0n) is 10.3. The van der Waals surface area contributed by atoms with Crippen molar-refractivity contribution < 1.29 is 22.3 Å². The van der Waals surface area contributed by atoms with Crippen LogP contribution in [0.1, 0.15) is 10.4 Å². The van der Waals surface area contributed by atoms with Crippen LogP contribution < -0.4 is 0 Å². The Morgan fingerprint density at radius 1 is 1.47 bits per heavy atom. The minimum Gasteiger partial charge on any atom is -0.447 e. The van der Waals surface area contributed by atoms with E-state index >= 15 is 0 Å². The summed E-state index contributed by atoms with van der Waals surface area (Å²) in [5, 5.41) is 8.26. The molecule has 0 aliphatic carbocycles. The molecule has 0 saturated heterocycles. The van der Waals surface area contributed by atoms with E-state index in [4.69, 9.17) is 5.26 Å². The van der Waals surface area contributed by atoms with E-state index in [1.807, 2.05) is 0 Å². The lowest BCUT2D eigenvalue weighted by Gasteiger charge is -2.12. The highest BCUT2D eigenvalue weighted by molar-refractivity contribution is 7.89. The van der Waals surface area contributed by atoms with Crippen LogP contribution in [0.15, 0.2) is 23.1 Å². The van der Waals surface area contributed by atoms with Crippen molar-refractivity contribution in [3.05, 3.63) is 29.6 Å². The first-order valence-corrected chi connectivity index (χ1v) is 6.51. The van der Waals surface area contributed by atoms with Crippen LogP contribution in [-0.4, -0.2) is 39.4 Å². The Balaban J connectivity index is 3.23. The monoisotopic (exact) mass is 286 g/mol. The number of carbonyl (C=O) groups is 1. The molecule has 0 fully saturated rings. The van der Waals surface area contributed by atoms with Crippen LogP contribution in [-0.2, 0) is 14.8 Å². The van der Waals surface area contributed by atoms with Gasteiger partial charge in [0.2, 0.25) is 10.0 Å². The van der Waals surface area contributed by atoms with Crippen LogP contribution in [0.2, 0.25) is 0 Å². The van der Waals surface area contributed by atoms with Gasteiger partial charge in [-0.1, -0.05) is 0 Å². The van der Waals surface area contributed by atoms with Crippen molar-refractivity contribution in [2.45, 2.75) is 4.90 Å². The highest BCUT2D eigenvalue weighted by atomic mass is 32.2. The molecule has 8 heteroatoms. The normalized spacial score (nSPS) is 11.1. The molecule has 0 amide bonds. The summed E-state index contributed by atoms with van der Waals surface area (Å²) in [4.78, 5) is 11.2. The van der Waals surface area contributed by atoms with Gasteiger partial charge in [-0.2, -0.15) is 5.26 Å². The van der Waals surface area contributed by atoms with Crippen molar-refractivity contribution in [1.29, 1.82) is 5.26 Å². The molecule has 0 aliphatic rings. The van der Waals surface area contributed by atoms with Gasteiger partial charge in [0.25, 0.3) is 0 Å². The molecule has 0 aromatic heterocycles. The highest BCUT2D eigenvalue weighted by Gasteiger charge is 2.21. The number of halogens is 1. The van der Waals surface area contributed by atoms with E-state index in [1.54, 1.807) is 6.07 Å². The largest absolute Gasteiger partial charge is 0.447 e. The third-order valence-electron chi connectivity index (χ3n) is 2.20. The number of rotatable bonds is 4. The minimum absolute atomic E-state index is 0.234. The molecule has 19 heavy (non-hydrogen) atoms. The molecule has 0 atom stereocenters. The molecule has 0 saturated carbocycles. The molecule has 1 rings (SSSR count). The summed E-state index contributed by atoms with van der Waals surface area (Å²) in [5.41, 5.74) is -0.529. The summed E-state index contributed by atoms with van der Waals surface area (Å²) in [6.07, 6.45) is 0. The lowest BCUT2D eigenvalue weighted by atomic mass is 10.2. The van der Waals surface area contributed by atoms with Crippen LogP contribution in [0.3, 0.4) is 0 Å². The van der Waals surface area contributed by atoms with E-state index in [2.05, 4.69) is 4.74 Å². The molecule has 0 unspecified atom stereocenters. The Morgan fingerprint density at radius 3 is 2.63 bits per heavy atom. The number of ether oxygens (including phenoxy) is 1. The van der Waals surface area contributed by atoms with Gasteiger partial charge in [-0.25, -0.2) is 21.9 Å². The fourth-order valence-electron chi connectivity index (χ4n) is 1.21. The summed E-state index contributed by atoms with van der Waals surface area (Å²) in [6.45, 7) is -0.539. The topological polar surface area (TPSA) is 87.5 Å². The van der Waals surface area contributed by atoms with E-state index < -0.39 is 34.0 Å². The van der Waals surface area contributed by atoms with Gasteiger partial charge < -0.3 is 4.74 Å². The number of hydrogen-bond donors (Lipinski definition) is 0. The molecule has 0 aliphatic heterocycles. The first-order valence-electron chi connectivity index (χ1n) is 5.07. The Hall–Kier alpha value is -1.98. The maximum Gasteiger partial charge on any atom is 0.342 e. The standard InChI is InChI=1S/C11H11FN2O4S/c1-14(2)19(16,17)8-3-4-10(12)9(7-8)11(15)18-6-5-13/h3-4,7H,6H2,1-2H3. The zero-order valence-corrected chi connectivity index (χ0v) is 11.1. The molecule has 0 N–H and O–H groups in total. The predicted octanol–water partition coefficient (Wildman–Crippen LogP) is 0.756.